The molecule has 110 valence electrons. The molecular weight excluding hydrogens is 266 g/mol. The van der Waals surface area contributed by atoms with Crippen LogP contribution in [0.25, 0.3) is 0 Å². The van der Waals surface area contributed by atoms with E-state index < -0.39 is 0 Å². The Morgan fingerprint density at radius 3 is 2.95 bits per heavy atom. The second-order valence-electron chi connectivity index (χ2n) is 5.75. The molecule has 1 aromatic rings. The van der Waals surface area contributed by atoms with Crippen molar-refractivity contribution in [1.82, 2.24) is 4.90 Å². The van der Waals surface area contributed by atoms with Gasteiger partial charge in [-0.2, -0.15) is 11.8 Å². The van der Waals surface area contributed by atoms with E-state index in [1.807, 2.05) is 6.26 Å². The Morgan fingerprint density at radius 1 is 1.40 bits per heavy atom. The van der Waals surface area contributed by atoms with Crippen LogP contribution in [-0.4, -0.2) is 35.9 Å². The van der Waals surface area contributed by atoms with Crippen molar-refractivity contribution < 1.29 is 4.79 Å². The van der Waals surface area contributed by atoms with Crippen LogP contribution in [0.3, 0.4) is 0 Å². The van der Waals surface area contributed by atoms with E-state index >= 15 is 0 Å². The van der Waals surface area contributed by atoms with Gasteiger partial charge in [-0.1, -0.05) is 24.3 Å². The third-order valence-electron chi connectivity index (χ3n) is 4.22. The lowest BCUT2D eigenvalue weighted by Gasteiger charge is -2.33. The number of hydrogen-bond donors (Lipinski definition) is 0. The minimum absolute atomic E-state index is 0.318. The third-order valence-corrected chi connectivity index (χ3v) is 4.76. The highest BCUT2D eigenvalue weighted by atomic mass is 32.2. The first-order valence-corrected chi connectivity index (χ1v) is 8.91. The number of piperidine rings is 1. The van der Waals surface area contributed by atoms with E-state index in [0.717, 1.165) is 19.5 Å². The van der Waals surface area contributed by atoms with Crippen molar-refractivity contribution in [3.63, 3.8) is 0 Å². The minimum atomic E-state index is 0.318. The summed E-state index contributed by atoms with van der Waals surface area (Å²) in [5.74, 6) is 1.62. The topological polar surface area (TPSA) is 20.3 Å². The van der Waals surface area contributed by atoms with Crippen LogP contribution in [0.15, 0.2) is 24.3 Å². The lowest BCUT2D eigenvalue weighted by atomic mass is 9.90. The molecule has 0 radical (unpaired) electrons. The molecule has 1 heterocycles. The molecule has 2 nitrogen and oxygen atoms in total. The van der Waals surface area contributed by atoms with Crippen molar-refractivity contribution in [2.45, 2.75) is 32.6 Å². The monoisotopic (exact) mass is 291 g/mol. The highest BCUT2D eigenvalue weighted by Gasteiger charge is 2.23. The minimum Gasteiger partial charge on any atom is -0.342 e. The molecule has 0 spiro atoms. The molecule has 0 aromatic heterocycles. The predicted octanol–water partition coefficient (Wildman–Crippen LogP) is 3.53. The van der Waals surface area contributed by atoms with E-state index in [4.69, 9.17) is 0 Å². The maximum absolute atomic E-state index is 12.0. The summed E-state index contributed by atoms with van der Waals surface area (Å²) in [4.78, 5) is 14.0. The Kier molecular flexibility index (Phi) is 5.96. The highest BCUT2D eigenvalue weighted by Crippen LogP contribution is 2.23. The van der Waals surface area contributed by atoms with Crippen molar-refractivity contribution in [1.29, 1.82) is 0 Å². The summed E-state index contributed by atoms with van der Waals surface area (Å²) in [6.45, 7) is 4.11. The van der Waals surface area contributed by atoms with Gasteiger partial charge in [0.05, 0.1) is 5.75 Å². The van der Waals surface area contributed by atoms with Crippen molar-refractivity contribution in [2.75, 3.05) is 25.1 Å². The number of amides is 1. The molecule has 0 unspecified atom stereocenters. The van der Waals surface area contributed by atoms with Crippen LogP contribution >= 0.6 is 11.8 Å². The van der Waals surface area contributed by atoms with Gasteiger partial charge >= 0.3 is 0 Å². The van der Waals surface area contributed by atoms with Gasteiger partial charge in [0, 0.05) is 13.1 Å². The molecule has 0 bridgehead atoms. The van der Waals surface area contributed by atoms with Crippen LogP contribution in [0.4, 0.5) is 0 Å². The Balaban J connectivity index is 1.84. The zero-order valence-electron chi connectivity index (χ0n) is 12.6. The van der Waals surface area contributed by atoms with Crippen LogP contribution < -0.4 is 0 Å². The number of aryl methyl sites for hydroxylation is 2. The van der Waals surface area contributed by atoms with Crippen LogP contribution in [0.5, 0.6) is 0 Å². The van der Waals surface area contributed by atoms with Gasteiger partial charge in [-0.15, -0.1) is 0 Å². The van der Waals surface area contributed by atoms with Gasteiger partial charge < -0.3 is 4.90 Å². The number of rotatable bonds is 5. The first-order valence-electron chi connectivity index (χ1n) is 7.52. The molecule has 1 aliphatic rings. The molecule has 1 atom stereocenters. The summed E-state index contributed by atoms with van der Waals surface area (Å²) in [5, 5.41) is 0. The van der Waals surface area contributed by atoms with Crippen LogP contribution in [0.1, 0.15) is 30.4 Å². The van der Waals surface area contributed by atoms with Crippen molar-refractivity contribution in [3.05, 3.63) is 35.4 Å². The summed E-state index contributed by atoms with van der Waals surface area (Å²) in [7, 11) is 0. The standard InChI is InChI=1S/C17H25NOS/c1-14-6-3-4-8-16(14)10-9-15-7-5-11-18(12-15)17(19)13-20-2/h3-4,6,8,15H,5,7,9-13H2,1-2H3/t15-/m1/s1. The Labute approximate surface area is 126 Å². The van der Waals surface area contributed by atoms with Crippen molar-refractivity contribution >= 4 is 17.7 Å². The molecular formula is C17H25NOS. The summed E-state index contributed by atoms with van der Waals surface area (Å²) in [5.41, 5.74) is 2.85. The lowest BCUT2D eigenvalue weighted by molar-refractivity contribution is -0.130. The Bertz CT molecular complexity index is 446. The molecule has 0 aliphatic carbocycles. The van der Waals surface area contributed by atoms with E-state index in [-0.39, 0.29) is 0 Å². The first kappa shape index (κ1) is 15.4. The molecule has 0 saturated carbocycles. The fraction of sp³-hybridized carbons (Fsp3) is 0.588. The van der Waals surface area contributed by atoms with Gasteiger partial charge in [-0.25, -0.2) is 0 Å². The zero-order valence-corrected chi connectivity index (χ0v) is 13.4. The van der Waals surface area contributed by atoms with E-state index in [1.54, 1.807) is 11.8 Å². The molecule has 1 amide bonds. The quantitative estimate of drug-likeness (QED) is 0.827. The van der Waals surface area contributed by atoms with Gasteiger partial charge in [0.1, 0.15) is 0 Å². The molecule has 1 aromatic carbocycles. The number of benzene rings is 1. The van der Waals surface area contributed by atoms with E-state index in [0.29, 0.717) is 17.6 Å². The van der Waals surface area contributed by atoms with E-state index in [2.05, 4.69) is 36.1 Å². The number of nitrogens with zero attached hydrogens (tertiary/aromatic N) is 1. The van der Waals surface area contributed by atoms with Crippen molar-refractivity contribution in [2.24, 2.45) is 5.92 Å². The molecule has 3 heteroatoms. The van der Waals surface area contributed by atoms with Crippen molar-refractivity contribution in [3.8, 4) is 0 Å². The van der Waals surface area contributed by atoms with Gasteiger partial charge in [0.2, 0.25) is 5.91 Å². The molecule has 20 heavy (non-hydrogen) atoms. The second-order valence-corrected chi connectivity index (χ2v) is 6.61. The summed E-state index contributed by atoms with van der Waals surface area (Å²) in [6.07, 6.45) is 6.78. The van der Waals surface area contributed by atoms with Gasteiger partial charge in [-0.05, 0) is 55.9 Å². The van der Waals surface area contributed by atoms with Gasteiger partial charge in [0.25, 0.3) is 0 Å². The SMILES string of the molecule is CSCC(=O)N1CCC[C@H](CCc2ccccc2C)C1. The van der Waals surface area contributed by atoms with E-state index in [9.17, 15) is 4.79 Å². The normalized spacial score (nSPS) is 19.1. The highest BCUT2D eigenvalue weighted by molar-refractivity contribution is 7.99. The van der Waals surface area contributed by atoms with Gasteiger partial charge in [0.15, 0.2) is 0 Å². The molecule has 1 fully saturated rings. The molecule has 2 rings (SSSR count). The van der Waals surface area contributed by atoms with E-state index in [1.165, 1.54) is 30.4 Å². The van der Waals surface area contributed by atoms with Crippen LogP contribution in [-0.2, 0) is 11.2 Å². The average Bonchev–Trinajstić information content (AvgIpc) is 2.47. The largest absolute Gasteiger partial charge is 0.342 e. The molecule has 1 saturated heterocycles. The Hall–Kier alpha value is -0.960. The fourth-order valence-corrected chi connectivity index (χ4v) is 3.42. The summed E-state index contributed by atoms with van der Waals surface area (Å²) >= 11 is 1.63. The average molecular weight is 291 g/mol. The maximum Gasteiger partial charge on any atom is 0.232 e. The van der Waals surface area contributed by atoms with Crippen LogP contribution in [0, 0.1) is 12.8 Å². The fourth-order valence-electron chi connectivity index (χ4n) is 2.99. The van der Waals surface area contributed by atoms with Gasteiger partial charge in [-0.3, -0.25) is 4.79 Å². The summed E-state index contributed by atoms with van der Waals surface area (Å²) < 4.78 is 0. The first-order chi connectivity index (χ1) is 9.70. The summed E-state index contributed by atoms with van der Waals surface area (Å²) in [6, 6.07) is 8.64. The third kappa shape index (κ3) is 4.27. The number of carbonyl (C=O) groups is 1. The molecule has 0 N–H and O–H groups in total. The number of hydrogen-bond acceptors (Lipinski definition) is 2. The number of carbonyl (C=O) groups excluding carboxylic acids is 1. The smallest absolute Gasteiger partial charge is 0.232 e. The number of thioether (sulfide) groups is 1. The zero-order chi connectivity index (χ0) is 14.4. The number of likely N-dealkylation sites (tertiary alicyclic amines) is 1. The second kappa shape index (κ2) is 7.72. The predicted molar refractivity (Wildman–Crippen MR) is 87.2 cm³/mol. The Morgan fingerprint density at radius 2 is 2.20 bits per heavy atom. The molecule has 1 aliphatic heterocycles. The van der Waals surface area contributed by atoms with Crippen LogP contribution in [0.2, 0.25) is 0 Å². The maximum atomic E-state index is 12.0. The lowest BCUT2D eigenvalue weighted by Crippen LogP contribution is -2.41.